The summed E-state index contributed by atoms with van der Waals surface area (Å²) >= 11 is 0. The standard InChI is InChI=1S/C27H43N3O6/c1-7-12-30(13-8-2)26(34)21-11-9-10-20(16-21)25(33)29-22(14-17(3)4)23(31)15-18(5)24(32)28-19(6)27(35)36/h9-11,16-19,22-23,31H,7-8,12-15H2,1-6H3,(H,28,32)(H,29,33)(H,35,36)/t18-,19+,22+,23+/m1/s1. The molecule has 36 heavy (non-hydrogen) atoms. The van der Waals surface area contributed by atoms with Gasteiger partial charge >= 0.3 is 5.97 Å². The third kappa shape index (κ3) is 9.97. The molecule has 1 aromatic rings. The van der Waals surface area contributed by atoms with Crippen LogP contribution < -0.4 is 10.6 Å². The molecule has 0 radical (unpaired) electrons. The van der Waals surface area contributed by atoms with Crippen molar-refractivity contribution >= 4 is 23.7 Å². The van der Waals surface area contributed by atoms with E-state index in [0.29, 0.717) is 30.6 Å². The number of aliphatic carboxylic acids is 1. The number of aliphatic hydroxyl groups is 1. The van der Waals surface area contributed by atoms with Gasteiger partial charge in [-0.1, -0.05) is 40.7 Å². The lowest BCUT2D eigenvalue weighted by Gasteiger charge is -2.28. The molecule has 202 valence electrons. The summed E-state index contributed by atoms with van der Waals surface area (Å²) in [5.41, 5.74) is 0.749. The zero-order valence-corrected chi connectivity index (χ0v) is 22.4. The van der Waals surface area contributed by atoms with E-state index in [2.05, 4.69) is 10.6 Å². The molecule has 9 nitrogen and oxygen atoms in total. The quantitative estimate of drug-likeness (QED) is 0.289. The van der Waals surface area contributed by atoms with E-state index in [1.165, 1.54) is 6.92 Å². The van der Waals surface area contributed by atoms with Crippen molar-refractivity contribution in [3.8, 4) is 0 Å². The summed E-state index contributed by atoms with van der Waals surface area (Å²) in [5, 5.41) is 25.1. The molecule has 0 saturated carbocycles. The van der Waals surface area contributed by atoms with E-state index in [-0.39, 0.29) is 18.2 Å². The number of hydrogen-bond acceptors (Lipinski definition) is 5. The van der Waals surface area contributed by atoms with Crippen molar-refractivity contribution in [1.82, 2.24) is 15.5 Å². The molecular formula is C27H43N3O6. The molecule has 0 heterocycles. The van der Waals surface area contributed by atoms with Crippen LogP contribution in [0.3, 0.4) is 0 Å². The van der Waals surface area contributed by atoms with Crippen molar-refractivity contribution < 1.29 is 29.4 Å². The fraction of sp³-hybridized carbons (Fsp3) is 0.630. The molecule has 4 N–H and O–H groups in total. The summed E-state index contributed by atoms with van der Waals surface area (Å²) in [6.07, 6.45) is 1.19. The minimum absolute atomic E-state index is 0.0529. The number of rotatable bonds is 15. The van der Waals surface area contributed by atoms with Gasteiger partial charge in [0.25, 0.3) is 11.8 Å². The van der Waals surface area contributed by atoms with Gasteiger partial charge in [0, 0.05) is 30.1 Å². The van der Waals surface area contributed by atoms with Gasteiger partial charge in [-0.05, 0) is 56.7 Å². The number of carbonyl (C=O) groups excluding carboxylic acids is 3. The Morgan fingerprint density at radius 2 is 1.50 bits per heavy atom. The van der Waals surface area contributed by atoms with Crippen molar-refractivity contribution in [3.63, 3.8) is 0 Å². The lowest BCUT2D eigenvalue weighted by Crippen LogP contribution is -2.47. The van der Waals surface area contributed by atoms with Crippen molar-refractivity contribution in [3.05, 3.63) is 35.4 Å². The summed E-state index contributed by atoms with van der Waals surface area (Å²) in [6.45, 7) is 12.2. The van der Waals surface area contributed by atoms with Gasteiger partial charge in [-0.3, -0.25) is 19.2 Å². The molecule has 1 rings (SSSR count). The van der Waals surface area contributed by atoms with Gasteiger partial charge < -0.3 is 25.7 Å². The topological polar surface area (TPSA) is 136 Å². The fourth-order valence-corrected chi connectivity index (χ4v) is 3.95. The highest BCUT2D eigenvalue weighted by atomic mass is 16.4. The van der Waals surface area contributed by atoms with Crippen molar-refractivity contribution in [2.24, 2.45) is 11.8 Å². The lowest BCUT2D eigenvalue weighted by molar-refractivity contribution is -0.142. The van der Waals surface area contributed by atoms with Crippen LogP contribution in [0.5, 0.6) is 0 Å². The highest BCUT2D eigenvalue weighted by Gasteiger charge is 2.28. The highest BCUT2D eigenvalue weighted by molar-refractivity contribution is 5.99. The second-order valence-electron chi connectivity index (χ2n) is 9.86. The van der Waals surface area contributed by atoms with Crippen molar-refractivity contribution in [2.45, 2.75) is 85.4 Å². The average molecular weight is 506 g/mol. The number of aliphatic hydroxyl groups excluding tert-OH is 1. The molecule has 0 aliphatic heterocycles. The molecule has 9 heteroatoms. The van der Waals surface area contributed by atoms with Crippen LogP contribution in [-0.2, 0) is 9.59 Å². The van der Waals surface area contributed by atoms with E-state index in [0.717, 1.165) is 12.8 Å². The monoisotopic (exact) mass is 505 g/mol. The van der Waals surface area contributed by atoms with Crippen LogP contribution in [-0.4, -0.2) is 70.1 Å². The summed E-state index contributed by atoms with van der Waals surface area (Å²) in [5.74, 6) is -2.66. The van der Waals surface area contributed by atoms with E-state index in [4.69, 9.17) is 5.11 Å². The first-order valence-electron chi connectivity index (χ1n) is 12.8. The lowest BCUT2D eigenvalue weighted by atomic mass is 9.92. The van der Waals surface area contributed by atoms with E-state index in [1.807, 2.05) is 27.7 Å². The van der Waals surface area contributed by atoms with Gasteiger partial charge in [0.15, 0.2) is 0 Å². The van der Waals surface area contributed by atoms with Crippen LogP contribution in [0.1, 0.15) is 87.9 Å². The molecule has 0 aliphatic rings. The number of carbonyl (C=O) groups is 4. The maximum absolute atomic E-state index is 13.1. The fourth-order valence-electron chi connectivity index (χ4n) is 3.95. The Hall–Kier alpha value is -2.94. The second kappa shape index (κ2) is 15.2. The van der Waals surface area contributed by atoms with Crippen LogP contribution in [0.25, 0.3) is 0 Å². The Morgan fingerprint density at radius 3 is 2.03 bits per heavy atom. The largest absolute Gasteiger partial charge is 0.480 e. The number of amides is 3. The summed E-state index contributed by atoms with van der Waals surface area (Å²) in [6, 6.07) is 4.89. The summed E-state index contributed by atoms with van der Waals surface area (Å²) in [7, 11) is 0. The number of nitrogens with one attached hydrogen (secondary N) is 2. The SMILES string of the molecule is CCCN(CCC)C(=O)c1cccc(C(=O)N[C@@H](CC(C)C)[C@@H](O)C[C@@H](C)C(=O)N[C@@H](C)C(=O)O)c1. The van der Waals surface area contributed by atoms with Crippen molar-refractivity contribution in [2.75, 3.05) is 13.1 Å². The molecule has 0 aliphatic carbocycles. The van der Waals surface area contributed by atoms with Crippen LogP contribution in [0.4, 0.5) is 0 Å². The number of nitrogens with zero attached hydrogens (tertiary/aromatic N) is 1. The second-order valence-corrected chi connectivity index (χ2v) is 9.86. The highest BCUT2D eigenvalue weighted by Crippen LogP contribution is 2.17. The number of hydrogen-bond donors (Lipinski definition) is 4. The van der Waals surface area contributed by atoms with Gasteiger partial charge in [-0.25, -0.2) is 0 Å². The molecule has 0 saturated heterocycles. The zero-order chi connectivity index (χ0) is 27.4. The zero-order valence-electron chi connectivity index (χ0n) is 22.4. The Kier molecular flexibility index (Phi) is 13.2. The molecular weight excluding hydrogens is 462 g/mol. The van der Waals surface area contributed by atoms with Gasteiger partial charge in [0.1, 0.15) is 6.04 Å². The summed E-state index contributed by atoms with van der Waals surface area (Å²) < 4.78 is 0. The van der Waals surface area contributed by atoms with E-state index < -0.39 is 41.9 Å². The van der Waals surface area contributed by atoms with Gasteiger partial charge in [0.05, 0.1) is 12.1 Å². The van der Waals surface area contributed by atoms with E-state index >= 15 is 0 Å². The molecule has 0 bridgehead atoms. The maximum atomic E-state index is 13.1. The predicted octanol–water partition coefficient (Wildman–Crippen LogP) is 3.07. The third-order valence-electron chi connectivity index (χ3n) is 5.92. The number of benzene rings is 1. The Morgan fingerprint density at radius 1 is 0.917 bits per heavy atom. The van der Waals surface area contributed by atoms with Crippen LogP contribution in [0.2, 0.25) is 0 Å². The first kappa shape index (κ1) is 31.1. The molecule has 3 amide bonds. The van der Waals surface area contributed by atoms with E-state index in [1.54, 1.807) is 36.1 Å². The average Bonchev–Trinajstić information content (AvgIpc) is 2.82. The van der Waals surface area contributed by atoms with Crippen LogP contribution in [0, 0.1) is 11.8 Å². The molecule has 0 spiro atoms. The molecule has 4 atom stereocenters. The normalized spacial score (nSPS) is 14.4. The number of carboxylic acids is 1. The van der Waals surface area contributed by atoms with Crippen LogP contribution >= 0.6 is 0 Å². The molecule has 1 aromatic carbocycles. The van der Waals surface area contributed by atoms with Crippen LogP contribution in [0.15, 0.2) is 24.3 Å². The first-order valence-corrected chi connectivity index (χ1v) is 12.8. The smallest absolute Gasteiger partial charge is 0.325 e. The predicted molar refractivity (Wildman–Crippen MR) is 139 cm³/mol. The maximum Gasteiger partial charge on any atom is 0.325 e. The minimum atomic E-state index is -1.14. The molecule has 0 aromatic heterocycles. The van der Waals surface area contributed by atoms with E-state index in [9.17, 15) is 24.3 Å². The first-order chi connectivity index (χ1) is 16.9. The Balaban J connectivity index is 2.97. The summed E-state index contributed by atoms with van der Waals surface area (Å²) in [4.78, 5) is 51.1. The Bertz CT molecular complexity index is 882. The van der Waals surface area contributed by atoms with Crippen molar-refractivity contribution in [1.29, 1.82) is 0 Å². The van der Waals surface area contributed by atoms with Gasteiger partial charge in [-0.2, -0.15) is 0 Å². The molecule has 0 fully saturated rings. The minimum Gasteiger partial charge on any atom is -0.480 e. The van der Waals surface area contributed by atoms with Gasteiger partial charge in [-0.15, -0.1) is 0 Å². The Labute approximate surface area is 214 Å². The number of carboxylic acid groups (broad SMARTS) is 1. The molecule has 0 unspecified atom stereocenters. The van der Waals surface area contributed by atoms with Gasteiger partial charge in [0.2, 0.25) is 5.91 Å². The third-order valence-corrected chi connectivity index (χ3v) is 5.92.